The van der Waals surface area contributed by atoms with Crippen LogP contribution in [0.5, 0.6) is 5.75 Å². The molecular weight excluding hydrogens is 538 g/mol. The van der Waals surface area contributed by atoms with E-state index in [-0.39, 0.29) is 38.2 Å². The Kier molecular flexibility index (Phi) is 6.73. The Balaban J connectivity index is 1.98. The van der Waals surface area contributed by atoms with Crippen LogP contribution in [0.1, 0.15) is 36.6 Å². The van der Waals surface area contributed by atoms with E-state index in [0.29, 0.717) is 16.1 Å². The molecule has 180 valence electrons. The summed E-state index contributed by atoms with van der Waals surface area (Å²) in [5.74, 6) is -0.797. The molecule has 0 radical (unpaired) electrons. The van der Waals surface area contributed by atoms with E-state index in [0.717, 1.165) is 16.9 Å². The number of nitrogens with zero attached hydrogens (tertiary/aromatic N) is 3. The van der Waals surface area contributed by atoms with Gasteiger partial charge < -0.3 is 9.84 Å². The van der Waals surface area contributed by atoms with Crippen LogP contribution in [0.3, 0.4) is 0 Å². The van der Waals surface area contributed by atoms with Crippen molar-refractivity contribution in [1.82, 2.24) is 4.57 Å². The smallest absolute Gasteiger partial charge is 0.338 e. The number of hydrogen-bond acceptors (Lipinski definition) is 8. The van der Waals surface area contributed by atoms with Crippen LogP contribution in [0.25, 0.3) is 6.08 Å². The van der Waals surface area contributed by atoms with Gasteiger partial charge in [-0.2, -0.15) is 0 Å². The van der Waals surface area contributed by atoms with E-state index >= 15 is 0 Å². The number of non-ortho nitro benzene ring substituents is 1. The molecule has 2 heterocycles. The van der Waals surface area contributed by atoms with Gasteiger partial charge in [0.05, 0.1) is 37.8 Å². The number of carbonyl (C=O) groups is 1. The number of allylic oxidation sites excluding steroid dienone is 1. The molecule has 11 heteroatoms. The number of nitro benzene ring substituents is 1. The van der Waals surface area contributed by atoms with E-state index in [9.17, 15) is 24.8 Å². The summed E-state index contributed by atoms with van der Waals surface area (Å²) in [6.45, 7) is 5.50. The van der Waals surface area contributed by atoms with Gasteiger partial charge in [-0.3, -0.25) is 19.5 Å². The minimum Gasteiger partial charge on any atom is -0.506 e. The van der Waals surface area contributed by atoms with Crippen molar-refractivity contribution in [2.24, 2.45) is 4.99 Å². The van der Waals surface area contributed by atoms with E-state index in [2.05, 4.69) is 20.9 Å². The minimum absolute atomic E-state index is 0.101. The number of aryl methyl sites for hydroxylation is 1. The number of esters is 1. The van der Waals surface area contributed by atoms with Crippen LogP contribution < -0.4 is 14.9 Å². The largest absolute Gasteiger partial charge is 0.506 e. The second-order valence-electron chi connectivity index (χ2n) is 7.84. The van der Waals surface area contributed by atoms with Crippen LogP contribution in [0.15, 0.2) is 61.9 Å². The molecule has 1 aliphatic rings. The molecule has 0 fully saturated rings. The first kappa shape index (κ1) is 24.6. The summed E-state index contributed by atoms with van der Waals surface area (Å²) < 4.78 is 7.02. The van der Waals surface area contributed by atoms with Gasteiger partial charge in [-0.15, -0.1) is 0 Å². The number of phenolic OH excluding ortho intramolecular Hbond substituents is 1. The summed E-state index contributed by atoms with van der Waals surface area (Å²) >= 11 is 4.18. The molecule has 9 nitrogen and oxygen atoms in total. The lowest BCUT2D eigenvalue weighted by Gasteiger charge is -2.24. The molecule has 0 unspecified atom stereocenters. The fourth-order valence-corrected chi connectivity index (χ4v) is 5.32. The highest BCUT2D eigenvalue weighted by atomic mass is 79.9. The van der Waals surface area contributed by atoms with Crippen molar-refractivity contribution in [1.29, 1.82) is 0 Å². The first-order valence-corrected chi connectivity index (χ1v) is 12.2. The summed E-state index contributed by atoms with van der Waals surface area (Å²) in [5.41, 5.74) is 1.83. The molecule has 0 amide bonds. The summed E-state index contributed by atoms with van der Waals surface area (Å²) in [4.78, 5) is 42.0. The van der Waals surface area contributed by atoms with Crippen molar-refractivity contribution in [3.63, 3.8) is 0 Å². The average molecular weight is 558 g/mol. The zero-order chi connectivity index (χ0) is 25.4. The number of fused-ring (bicyclic) bond motifs is 1. The lowest BCUT2D eigenvalue weighted by molar-refractivity contribution is -0.385. The highest BCUT2D eigenvalue weighted by Gasteiger charge is 2.33. The number of phenols is 1. The van der Waals surface area contributed by atoms with Crippen molar-refractivity contribution in [2.75, 3.05) is 6.61 Å². The third kappa shape index (κ3) is 4.56. The molecular formula is C24H20BrN3O6S. The monoisotopic (exact) mass is 557 g/mol. The highest BCUT2D eigenvalue weighted by Crippen LogP contribution is 2.33. The Morgan fingerprint density at radius 1 is 1.31 bits per heavy atom. The van der Waals surface area contributed by atoms with E-state index in [4.69, 9.17) is 4.74 Å². The van der Waals surface area contributed by atoms with Crippen molar-refractivity contribution in [3.8, 4) is 5.75 Å². The van der Waals surface area contributed by atoms with Gasteiger partial charge in [-0.25, -0.2) is 9.79 Å². The number of thiazole rings is 1. The molecule has 0 saturated heterocycles. The Morgan fingerprint density at radius 2 is 2.00 bits per heavy atom. The minimum atomic E-state index is -0.765. The molecule has 0 aliphatic carbocycles. The van der Waals surface area contributed by atoms with E-state index in [1.165, 1.54) is 22.8 Å². The maximum Gasteiger partial charge on any atom is 0.338 e. The number of carbonyl (C=O) groups excluding carboxylic acids is 1. The molecule has 1 N–H and O–H groups in total. The first-order valence-electron chi connectivity index (χ1n) is 10.6. The van der Waals surface area contributed by atoms with Crippen LogP contribution in [-0.4, -0.2) is 27.2 Å². The Labute approximate surface area is 211 Å². The summed E-state index contributed by atoms with van der Waals surface area (Å²) in [6.07, 6.45) is 1.38. The van der Waals surface area contributed by atoms with Crippen LogP contribution in [-0.2, 0) is 9.53 Å². The lowest BCUT2D eigenvalue weighted by atomic mass is 9.95. The van der Waals surface area contributed by atoms with Gasteiger partial charge in [-0.05, 0) is 48.3 Å². The van der Waals surface area contributed by atoms with Crippen molar-refractivity contribution in [3.05, 3.63) is 98.6 Å². The number of ether oxygens (including phenoxy) is 1. The number of benzene rings is 2. The Hall–Kier alpha value is -3.57. The molecule has 2 aromatic carbocycles. The lowest BCUT2D eigenvalue weighted by Crippen LogP contribution is -2.39. The second kappa shape index (κ2) is 9.59. The first-order chi connectivity index (χ1) is 16.6. The van der Waals surface area contributed by atoms with E-state index in [1.807, 2.05) is 31.2 Å². The predicted molar refractivity (Wildman–Crippen MR) is 134 cm³/mol. The molecule has 1 aromatic heterocycles. The third-order valence-corrected chi connectivity index (χ3v) is 7.07. The molecule has 35 heavy (non-hydrogen) atoms. The number of halogens is 1. The quantitative estimate of drug-likeness (QED) is 0.291. The maximum absolute atomic E-state index is 13.6. The number of nitro groups is 1. The van der Waals surface area contributed by atoms with Gasteiger partial charge in [0.2, 0.25) is 0 Å². The third-order valence-electron chi connectivity index (χ3n) is 5.49. The van der Waals surface area contributed by atoms with Gasteiger partial charge in [-0.1, -0.05) is 41.2 Å². The van der Waals surface area contributed by atoms with Gasteiger partial charge in [0.25, 0.3) is 11.2 Å². The zero-order valence-corrected chi connectivity index (χ0v) is 21.3. The van der Waals surface area contributed by atoms with Crippen molar-refractivity contribution < 1.29 is 19.6 Å². The molecule has 0 spiro atoms. The number of aromatic nitrogens is 1. The van der Waals surface area contributed by atoms with Crippen LogP contribution in [0.2, 0.25) is 0 Å². The zero-order valence-electron chi connectivity index (χ0n) is 18.9. The summed E-state index contributed by atoms with van der Waals surface area (Å²) in [7, 11) is 0. The number of hydrogen-bond donors (Lipinski definition) is 1. The topological polar surface area (TPSA) is 124 Å². The standard InChI is InChI=1S/C24H20BrN3O6S/c1-4-34-23(31)19-13(3)26-24-27(20(19)14-7-5-12(2)6-8-14)22(30)18(35-24)10-15-9-16(28(32)33)11-17(25)21(15)29/h5-11,20,29H,4H2,1-3H3/b18-10-/t20-/m0/s1. The molecule has 1 atom stereocenters. The number of aromatic hydroxyl groups is 1. The average Bonchev–Trinajstić information content (AvgIpc) is 3.10. The fraction of sp³-hybridized carbons (Fsp3) is 0.208. The van der Waals surface area contributed by atoms with Crippen molar-refractivity contribution in [2.45, 2.75) is 26.8 Å². The Morgan fingerprint density at radius 3 is 2.63 bits per heavy atom. The highest BCUT2D eigenvalue weighted by molar-refractivity contribution is 9.10. The second-order valence-corrected chi connectivity index (χ2v) is 9.70. The summed E-state index contributed by atoms with van der Waals surface area (Å²) in [6, 6.07) is 9.07. The Bertz CT molecular complexity index is 1570. The van der Waals surface area contributed by atoms with Gasteiger partial charge >= 0.3 is 5.97 Å². The molecule has 0 saturated carbocycles. The van der Waals surface area contributed by atoms with E-state index in [1.54, 1.807) is 13.8 Å². The van der Waals surface area contributed by atoms with Gasteiger partial charge in [0, 0.05) is 17.7 Å². The summed E-state index contributed by atoms with van der Waals surface area (Å²) in [5, 5.41) is 21.7. The maximum atomic E-state index is 13.6. The fourth-order valence-electron chi connectivity index (χ4n) is 3.82. The van der Waals surface area contributed by atoms with Crippen LogP contribution in [0, 0.1) is 17.0 Å². The van der Waals surface area contributed by atoms with Crippen LogP contribution >= 0.6 is 27.3 Å². The normalized spacial score (nSPS) is 15.5. The van der Waals surface area contributed by atoms with Crippen LogP contribution in [0.4, 0.5) is 5.69 Å². The van der Waals surface area contributed by atoms with E-state index < -0.39 is 22.5 Å². The van der Waals surface area contributed by atoms with Gasteiger partial charge in [0.1, 0.15) is 5.75 Å². The van der Waals surface area contributed by atoms with Gasteiger partial charge in [0.15, 0.2) is 4.80 Å². The predicted octanol–water partition coefficient (Wildman–Crippen LogP) is 3.48. The molecule has 3 aromatic rings. The molecule has 0 bridgehead atoms. The molecule has 1 aliphatic heterocycles. The SMILES string of the molecule is CCOC(=O)C1=C(C)N=c2s/c(=C\c3cc([N+](=O)[O-])cc(Br)c3O)c(=O)n2[C@H]1c1ccc(C)cc1. The van der Waals surface area contributed by atoms with Crippen molar-refractivity contribution >= 4 is 45.0 Å². The molecule has 4 rings (SSSR count). The number of rotatable bonds is 5.